The second-order valence-electron chi connectivity index (χ2n) is 5.65. The first kappa shape index (κ1) is 15.0. The van der Waals surface area contributed by atoms with Crippen molar-refractivity contribution in [1.29, 1.82) is 0 Å². The third-order valence-electron chi connectivity index (χ3n) is 3.74. The molecule has 3 rings (SSSR count). The van der Waals surface area contributed by atoms with Crippen molar-refractivity contribution in [2.24, 2.45) is 0 Å². The van der Waals surface area contributed by atoms with Crippen LogP contribution in [0.25, 0.3) is 0 Å². The molecule has 22 heavy (non-hydrogen) atoms. The molecule has 1 heterocycles. The number of aryl methyl sites for hydroxylation is 2. The Morgan fingerprint density at radius 2 is 2.05 bits per heavy atom. The van der Waals surface area contributed by atoms with E-state index >= 15 is 0 Å². The number of amides is 1. The quantitative estimate of drug-likeness (QED) is 0.858. The topological polar surface area (TPSA) is 72.7 Å². The van der Waals surface area contributed by atoms with E-state index in [1.54, 1.807) is 0 Å². The third kappa shape index (κ3) is 3.14. The van der Waals surface area contributed by atoms with Crippen LogP contribution in [-0.4, -0.2) is 31.4 Å². The highest BCUT2D eigenvalue weighted by Gasteiger charge is 2.29. The van der Waals surface area contributed by atoms with Crippen molar-refractivity contribution >= 4 is 23.4 Å². The van der Waals surface area contributed by atoms with Gasteiger partial charge in [-0.15, -0.1) is 5.10 Å². The fourth-order valence-corrected chi connectivity index (χ4v) is 3.12. The molecule has 2 aromatic rings. The number of aromatic nitrogens is 4. The van der Waals surface area contributed by atoms with E-state index in [1.807, 2.05) is 43.7 Å². The standard InChI is InChI=1S/C15H19N5OS/c1-9-5-4-6-10(2)13(9)16-14(21)11(3)22-15-17-18-19-20(15)12-7-8-12/h4-6,11-12H,7-8H2,1-3H3,(H,16,21)/t11-/m0/s1. The van der Waals surface area contributed by atoms with Crippen LogP contribution in [0.5, 0.6) is 0 Å². The lowest BCUT2D eigenvalue weighted by molar-refractivity contribution is -0.115. The second kappa shape index (κ2) is 6.08. The molecule has 1 N–H and O–H groups in total. The van der Waals surface area contributed by atoms with Crippen molar-refractivity contribution in [2.45, 2.75) is 50.1 Å². The van der Waals surface area contributed by atoms with Gasteiger partial charge in [0.2, 0.25) is 11.1 Å². The molecule has 0 spiro atoms. The summed E-state index contributed by atoms with van der Waals surface area (Å²) >= 11 is 1.40. The molecule has 1 aromatic heterocycles. The van der Waals surface area contributed by atoms with Crippen LogP contribution in [0, 0.1) is 13.8 Å². The lowest BCUT2D eigenvalue weighted by Crippen LogP contribution is -2.24. The van der Waals surface area contributed by atoms with Crippen molar-refractivity contribution < 1.29 is 4.79 Å². The van der Waals surface area contributed by atoms with Crippen LogP contribution >= 0.6 is 11.8 Å². The molecular formula is C15H19N5OS. The van der Waals surface area contributed by atoms with Gasteiger partial charge >= 0.3 is 0 Å². The van der Waals surface area contributed by atoms with E-state index < -0.39 is 0 Å². The molecule has 0 bridgehead atoms. The number of nitrogens with zero attached hydrogens (tertiary/aromatic N) is 4. The highest BCUT2D eigenvalue weighted by molar-refractivity contribution is 8.00. The van der Waals surface area contributed by atoms with Gasteiger partial charge in [0.25, 0.3) is 0 Å². The molecule has 1 aromatic carbocycles. The molecule has 1 aliphatic rings. The minimum absolute atomic E-state index is 0.0345. The summed E-state index contributed by atoms with van der Waals surface area (Å²) in [5.74, 6) is -0.0345. The van der Waals surface area contributed by atoms with Crippen molar-refractivity contribution in [3.63, 3.8) is 0 Å². The third-order valence-corrected chi connectivity index (χ3v) is 4.78. The summed E-state index contributed by atoms with van der Waals surface area (Å²) in [6.45, 7) is 5.86. The van der Waals surface area contributed by atoms with E-state index in [4.69, 9.17) is 0 Å². The number of rotatable bonds is 5. The predicted molar refractivity (Wildman–Crippen MR) is 86.0 cm³/mol. The largest absolute Gasteiger partial charge is 0.325 e. The summed E-state index contributed by atoms with van der Waals surface area (Å²) in [5, 5.41) is 15.2. The van der Waals surface area contributed by atoms with E-state index in [-0.39, 0.29) is 11.2 Å². The van der Waals surface area contributed by atoms with Crippen LogP contribution < -0.4 is 5.32 Å². The van der Waals surface area contributed by atoms with Crippen molar-refractivity contribution in [1.82, 2.24) is 20.2 Å². The first-order valence-electron chi connectivity index (χ1n) is 7.38. The molecule has 0 saturated heterocycles. The molecule has 6 nitrogen and oxygen atoms in total. The van der Waals surface area contributed by atoms with Gasteiger partial charge < -0.3 is 5.32 Å². The molecule has 1 fully saturated rings. The molecule has 1 saturated carbocycles. The average molecular weight is 317 g/mol. The molecule has 1 atom stereocenters. The smallest absolute Gasteiger partial charge is 0.237 e. The van der Waals surface area contributed by atoms with Crippen LogP contribution in [-0.2, 0) is 4.79 Å². The normalized spacial score (nSPS) is 15.6. The minimum atomic E-state index is -0.262. The van der Waals surface area contributed by atoms with Gasteiger partial charge in [-0.25, -0.2) is 4.68 Å². The molecule has 1 aliphatic carbocycles. The van der Waals surface area contributed by atoms with Gasteiger partial charge in [-0.1, -0.05) is 30.0 Å². The van der Waals surface area contributed by atoms with Gasteiger partial charge in [-0.05, 0) is 55.2 Å². The lowest BCUT2D eigenvalue weighted by atomic mass is 10.1. The van der Waals surface area contributed by atoms with Crippen molar-refractivity contribution in [3.8, 4) is 0 Å². The Kier molecular flexibility index (Phi) is 4.15. The van der Waals surface area contributed by atoms with Gasteiger partial charge in [0, 0.05) is 5.69 Å². The fraction of sp³-hybridized carbons (Fsp3) is 0.467. The van der Waals surface area contributed by atoms with E-state index in [1.165, 1.54) is 11.8 Å². The number of nitrogens with one attached hydrogen (secondary N) is 1. The highest BCUT2D eigenvalue weighted by Crippen LogP contribution is 2.37. The lowest BCUT2D eigenvalue weighted by Gasteiger charge is -2.15. The zero-order valence-corrected chi connectivity index (χ0v) is 13.7. The first-order chi connectivity index (χ1) is 10.6. The Hall–Kier alpha value is -1.89. The van der Waals surface area contributed by atoms with Crippen molar-refractivity contribution in [2.75, 3.05) is 5.32 Å². The van der Waals surface area contributed by atoms with Gasteiger partial charge in [0.05, 0.1) is 11.3 Å². The monoisotopic (exact) mass is 317 g/mol. The molecular weight excluding hydrogens is 298 g/mol. The fourth-order valence-electron chi connectivity index (χ4n) is 2.26. The number of tetrazole rings is 1. The molecule has 1 amide bonds. The molecule has 7 heteroatoms. The summed E-state index contributed by atoms with van der Waals surface area (Å²) in [6.07, 6.45) is 2.23. The minimum Gasteiger partial charge on any atom is -0.325 e. The maximum absolute atomic E-state index is 12.4. The Morgan fingerprint density at radius 3 is 2.68 bits per heavy atom. The molecule has 0 aliphatic heterocycles. The van der Waals surface area contributed by atoms with Crippen LogP contribution in [0.3, 0.4) is 0 Å². The zero-order valence-electron chi connectivity index (χ0n) is 12.9. The molecule has 116 valence electrons. The maximum atomic E-state index is 12.4. The Labute approximate surface area is 133 Å². The number of benzene rings is 1. The van der Waals surface area contributed by atoms with Crippen LogP contribution in [0.4, 0.5) is 5.69 Å². The summed E-state index contributed by atoms with van der Waals surface area (Å²) in [4.78, 5) is 12.4. The number of thioether (sulfide) groups is 1. The first-order valence-corrected chi connectivity index (χ1v) is 8.26. The van der Waals surface area contributed by atoms with Gasteiger partial charge in [0.1, 0.15) is 0 Å². The predicted octanol–water partition coefficient (Wildman–Crippen LogP) is 2.74. The summed E-state index contributed by atoms with van der Waals surface area (Å²) in [6, 6.07) is 6.39. The van der Waals surface area contributed by atoms with Gasteiger partial charge in [0.15, 0.2) is 0 Å². The molecule has 0 radical (unpaired) electrons. The van der Waals surface area contributed by atoms with E-state index in [0.29, 0.717) is 11.2 Å². The number of para-hydroxylation sites is 1. The van der Waals surface area contributed by atoms with E-state index in [9.17, 15) is 4.79 Å². The van der Waals surface area contributed by atoms with Crippen molar-refractivity contribution in [3.05, 3.63) is 29.3 Å². The maximum Gasteiger partial charge on any atom is 0.237 e. The SMILES string of the molecule is Cc1cccc(C)c1NC(=O)[C@H](C)Sc1nnnn1C1CC1. The highest BCUT2D eigenvalue weighted by atomic mass is 32.2. The number of carbonyl (C=O) groups excluding carboxylic acids is 1. The Bertz CT molecular complexity index is 675. The summed E-state index contributed by atoms with van der Waals surface area (Å²) in [7, 11) is 0. The van der Waals surface area contributed by atoms with Crippen LogP contribution in [0.1, 0.15) is 36.9 Å². The Morgan fingerprint density at radius 1 is 1.36 bits per heavy atom. The Balaban J connectivity index is 1.68. The molecule has 0 unspecified atom stereocenters. The second-order valence-corrected chi connectivity index (χ2v) is 6.96. The zero-order chi connectivity index (χ0) is 15.7. The summed E-state index contributed by atoms with van der Waals surface area (Å²) in [5.41, 5.74) is 3.02. The number of carbonyl (C=O) groups is 1. The van der Waals surface area contributed by atoms with E-state index in [2.05, 4.69) is 20.8 Å². The number of hydrogen-bond acceptors (Lipinski definition) is 5. The van der Waals surface area contributed by atoms with Gasteiger partial charge in [-0.2, -0.15) is 0 Å². The van der Waals surface area contributed by atoms with E-state index in [0.717, 1.165) is 29.7 Å². The average Bonchev–Trinajstić information content (AvgIpc) is 3.23. The summed E-state index contributed by atoms with van der Waals surface area (Å²) < 4.78 is 1.83. The van der Waals surface area contributed by atoms with Crippen LogP contribution in [0.2, 0.25) is 0 Å². The van der Waals surface area contributed by atoms with Gasteiger partial charge in [-0.3, -0.25) is 4.79 Å². The number of anilines is 1. The number of hydrogen-bond donors (Lipinski definition) is 1. The van der Waals surface area contributed by atoms with Crippen LogP contribution in [0.15, 0.2) is 23.4 Å².